The number of aliphatic hydroxyl groups is 1. The molecule has 0 heterocycles. The summed E-state index contributed by atoms with van der Waals surface area (Å²) in [6, 6.07) is 14.3. The van der Waals surface area contributed by atoms with Crippen LogP contribution in [0.1, 0.15) is 36.8 Å². The Morgan fingerprint density at radius 1 is 1.13 bits per heavy atom. The molecule has 0 aliphatic heterocycles. The van der Waals surface area contributed by atoms with Crippen LogP contribution < -0.4 is 5.32 Å². The number of benzene rings is 2. The van der Waals surface area contributed by atoms with E-state index in [0.29, 0.717) is 17.8 Å². The fraction of sp³-hybridized carbons (Fsp3) is 0.263. The van der Waals surface area contributed by atoms with Gasteiger partial charge in [-0.25, -0.2) is 0 Å². The predicted molar refractivity (Wildman–Crippen MR) is 96.9 cm³/mol. The lowest BCUT2D eigenvalue weighted by atomic mass is 9.98. The zero-order chi connectivity index (χ0) is 16.4. The van der Waals surface area contributed by atoms with Crippen LogP contribution in [-0.2, 0) is 4.79 Å². The molecular formula is C19H19NO2S. The summed E-state index contributed by atoms with van der Waals surface area (Å²) < 4.78 is 0. The molecule has 4 heteroatoms. The van der Waals surface area contributed by atoms with Crippen molar-refractivity contribution in [1.29, 1.82) is 0 Å². The summed E-state index contributed by atoms with van der Waals surface area (Å²) in [6.07, 6.45) is 1.02. The van der Waals surface area contributed by atoms with Crippen molar-refractivity contribution < 1.29 is 9.90 Å². The minimum atomic E-state index is 0.00809. The van der Waals surface area contributed by atoms with Crippen molar-refractivity contribution in [2.75, 3.05) is 11.9 Å². The summed E-state index contributed by atoms with van der Waals surface area (Å²) >= 11 is 5.30. The first-order valence-corrected chi connectivity index (χ1v) is 8.14. The third-order valence-electron chi connectivity index (χ3n) is 4.22. The van der Waals surface area contributed by atoms with Crippen LogP contribution in [0.15, 0.2) is 42.5 Å². The predicted octanol–water partition coefficient (Wildman–Crippen LogP) is 3.90. The van der Waals surface area contributed by atoms with Crippen LogP contribution in [0.5, 0.6) is 0 Å². The smallest absolute Gasteiger partial charge is 0.130 e. The van der Waals surface area contributed by atoms with Crippen LogP contribution in [-0.4, -0.2) is 22.5 Å². The van der Waals surface area contributed by atoms with E-state index in [1.807, 2.05) is 18.2 Å². The Balaban J connectivity index is 1.85. The standard InChI is InChI=1S/C19H19NO2S/c1-12(22)6-9-19(23)20-13-7-8-16-14-4-2-3-5-15(14)18(11-21)17(16)10-13/h2-5,7-8,10,18,21H,6,9,11H2,1H3,(H,20,23). The van der Waals surface area contributed by atoms with Gasteiger partial charge in [0, 0.05) is 24.4 Å². The largest absolute Gasteiger partial charge is 0.395 e. The second-order valence-electron chi connectivity index (χ2n) is 5.87. The van der Waals surface area contributed by atoms with Crippen molar-refractivity contribution in [3.05, 3.63) is 53.6 Å². The summed E-state index contributed by atoms with van der Waals surface area (Å²) in [5, 5.41) is 13.0. The molecule has 3 nitrogen and oxygen atoms in total. The molecule has 2 aromatic carbocycles. The van der Waals surface area contributed by atoms with E-state index in [1.54, 1.807) is 6.92 Å². The molecule has 0 saturated heterocycles. The van der Waals surface area contributed by atoms with Gasteiger partial charge in [-0.1, -0.05) is 42.5 Å². The van der Waals surface area contributed by atoms with E-state index >= 15 is 0 Å². The van der Waals surface area contributed by atoms with Crippen LogP contribution in [0.2, 0.25) is 0 Å². The van der Waals surface area contributed by atoms with Gasteiger partial charge in [-0.05, 0) is 41.3 Å². The maximum absolute atomic E-state index is 11.0. The second kappa shape index (κ2) is 6.60. The molecule has 0 radical (unpaired) electrons. The van der Waals surface area contributed by atoms with Crippen LogP contribution in [0, 0.1) is 0 Å². The molecule has 2 aromatic rings. The van der Waals surface area contributed by atoms with Gasteiger partial charge in [-0.15, -0.1) is 0 Å². The van der Waals surface area contributed by atoms with Gasteiger partial charge in [0.15, 0.2) is 0 Å². The molecule has 0 aromatic heterocycles. The number of carbonyl (C=O) groups is 1. The Bertz CT molecular complexity index is 770. The fourth-order valence-corrected chi connectivity index (χ4v) is 3.32. The number of ketones is 1. The Morgan fingerprint density at radius 2 is 1.87 bits per heavy atom. The van der Waals surface area contributed by atoms with Gasteiger partial charge in [-0.3, -0.25) is 0 Å². The van der Waals surface area contributed by atoms with Crippen molar-refractivity contribution in [2.45, 2.75) is 25.7 Å². The van der Waals surface area contributed by atoms with E-state index in [0.717, 1.165) is 11.3 Å². The maximum atomic E-state index is 11.0. The highest BCUT2D eigenvalue weighted by atomic mass is 32.1. The summed E-state index contributed by atoms with van der Waals surface area (Å²) in [6.45, 7) is 1.66. The van der Waals surface area contributed by atoms with Crippen molar-refractivity contribution in [2.24, 2.45) is 0 Å². The van der Waals surface area contributed by atoms with Gasteiger partial charge in [0.05, 0.1) is 11.6 Å². The van der Waals surface area contributed by atoms with Crippen molar-refractivity contribution >= 4 is 28.7 Å². The molecule has 1 aliphatic rings. The summed E-state index contributed by atoms with van der Waals surface area (Å²) in [7, 11) is 0. The molecule has 1 aliphatic carbocycles. The van der Waals surface area contributed by atoms with E-state index in [4.69, 9.17) is 12.2 Å². The van der Waals surface area contributed by atoms with Crippen LogP contribution in [0.4, 0.5) is 5.69 Å². The SMILES string of the molecule is CC(=O)CCC(=S)Nc1ccc2c(c1)C(CO)c1ccccc1-2. The zero-order valence-corrected chi connectivity index (χ0v) is 13.8. The van der Waals surface area contributed by atoms with Crippen molar-refractivity contribution in [1.82, 2.24) is 0 Å². The number of hydrogen-bond acceptors (Lipinski definition) is 3. The van der Waals surface area contributed by atoms with Crippen LogP contribution >= 0.6 is 12.2 Å². The van der Waals surface area contributed by atoms with Gasteiger partial charge < -0.3 is 15.2 Å². The Hall–Kier alpha value is -2.04. The quantitative estimate of drug-likeness (QED) is 0.819. The van der Waals surface area contributed by atoms with E-state index in [1.165, 1.54) is 16.7 Å². The maximum Gasteiger partial charge on any atom is 0.130 e. The van der Waals surface area contributed by atoms with Gasteiger partial charge in [0.1, 0.15) is 5.78 Å². The first kappa shape index (κ1) is 15.8. The van der Waals surface area contributed by atoms with E-state index in [-0.39, 0.29) is 18.3 Å². The molecule has 0 spiro atoms. The molecule has 1 atom stereocenters. The average molecular weight is 325 g/mol. The minimum Gasteiger partial charge on any atom is -0.395 e. The molecule has 118 valence electrons. The van der Waals surface area contributed by atoms with E-state index in [2.05, 4.69) is 29.6 Å². The summed E-state index contributed by atoms with van der Waals surface area (Å²) in [5.74, 6) is 0.146. The number of nitrogens with one attached hydrogen (secondary N) is 1. The number of thiocarbonyl (C=S) groups is 1. The number of Topliss-reactive ketones (excluding diaryl/α,β-unsaturated/α-hetero) is 1. The average Bonchev–Trinajstić information content (AvgIpc) is 2.86. The number of rotatable bonds is 5. The van der Waals surface area contributed by atoms with Crippen LogP contribution in [0.25, 0.3) is 11.1 Å². The molecule has 0 bridgehead atoms. The second-order valence-corrected chi connectivity index (χ2v) is 6.37. The lowest BCUT2D eigenvalue weighted by Crippen LogP contribution is -2.11. The normalized spacial score (nSPS) is 15.0. The molecule has 3 rings (SSSR count). The number of aliphatic hydroxyl groups excluding tert-OH is 1. The lowest BCUT2D eigenvalue weighted by Gasteiger charge is -2.12. The third kappa shape index (κ3) is 3.19. The monoisotopic (exact) mass is 325 g/mol. The highest BCUT2D eigenvalue weighted by Gasteiger charge is 2.27. The van der Waals surface area contributed by atoms with Crippen molar-refractivity contribution in [3.8, 4) is 11.1 Å². The zero-order valence-electron chi connectivity index (χ0n) is 13.0. The molecular weight excluding hydrogens is 306 g/mol. The Labute approximate surface area is 141 Å². The molecule has 2 N–H and O–H groups in total. The number of anilines is 1. The van der Waals surface area contributed by atoms with Gasteiger partial charge in [-0.2, -0.15) is 0 Å². The molecule has 0 amide bonds. The topological polar surface area (TPSA) is 49.3 Å². The Morgan fingerprint density at radius 3 is 2.61 bits per heavy atom. The van der Waals surface area contributed by atoms with Gasteiger partial charge in [0.25, 0.3) is 0 Å². The van der Waals surface area contributed by atoms with Gasteiger partial charge >= 0.3 is 0 Å². The van der Waals surface area contributed by atoms with E-state index in [9.17, 15) is 9.90 Å². The molecule has 1 unspecified atom stereocenters. The van der Waals surface area contributed by atoms with Crippen LogP contribution in [0.3, 0.4) is 0 Å². The van der Waals surface area contributed by atoms with Gasteiger partial charge in [0.2, 0.25) is 0 Å². The molecule has 23 heavy (non-hydrogen) atoms. The fourth-order valence-electron chi connectivity index (χ4n) is 3.10. The number of fused-ring (bicyclic) bond motifs is 3. The van der Waals surface area contributed by atoms with Crippen molar-refractivity contribution in [3.63, 3.8) is 0 Å². The third-order valence-corrected chi connectivity index (χ3v) is 4.53. The first-order chi connectivity index (χ1) is 11.1. The minimum absolute atomic E-state index is 0.00809. The molecule has 0 fully saturated rings. The highest BCUT2D eigenvalue weighted by molar-refractivity contribution is 7.80. The first-order valence-electron chi connectivity index (χ1n) is 7.73. The number of hydrogen-bond donors (Lipinski definition) is 2. The number of carbonyl (C=O) groups excluding carboxylic acids is 1. The molecule has 0 saturated carbocycles. The Kier molecular flexibility index (Phi) is 4.55. The summed E-state index contributed by atoms with van der Waals surface area (Å²) in [4.78, 5) is 11.7. The summed E-state index contributed by atoms with van der Waals surface area (Å²) in [5.41, 5.74) is 5.55. The highest BCUT2D eigenvalue weighted by Crippen LogP contribution is 2.45. The lowest BCUT2D eigenvalue weighted by molar-refractivity contribution is -0.116. The van der Waals surface area contributed by atoms with E-state index < -0.39 is 0 Å².